The Kier molecular flexibility index (Phi) is 8.02. The molecule has 15 heavy (non-hydrogen) atoms. The van der Waals surface area contributed by atoms with Crippen LogP contribution in [0.3, 0.4) is 0 Å². The molecule has 0 radical (unpaired) electrons. The fraction of sp³-hybridized carbons (Fsp3) is 1.00. The van der Waals surface area contributed by atoms with Crippen molar-refractivity contribution in [3.8, 4) is 0 Å². The van der Waals surface area contributed by atoms with E-state index in [0.29, 0.717) is 12.6 Å². The summed E-state index contributed by atoms with van der Waals surface area (Å²) in [6.45, 7) is 10.4. The van der Waals surface area contributed by atoms with E-state index in [1.807, 2.05) is 13.8 Å². The summed E-state index contributed by atoms with van der Waals surface area (Å²) in [5.74, 6) is 0. The highest BCUT2D eigenvalue weighted by Gasteiger charge is 2.15. The van der Waals surface area contributed by atoms with E-state index in [1.165, 1.54) is 0 Å². The average molecular weight is 217 g/mol. The van der Waals surface area contributed by atoms with Crippen LogP contribution < -0.4 is 5.32 Å². The van der Waals surface area contributed by atoms with Gasteiger partial charge in [-0.25, -0.2) is 0 Å². The lowest BCUT2D eigenvalue weighted by atomic mass is 10.0. The van der Waals surface area contributed by atoms with Gasteiger partial charge in [-0.15, -0.1) is 0 Å². The number of ether oxygens (including phenoxy) is 1. The van der Waals surface area contributed by atoms with Crippen molar-refractivity contribution in [1.29, 1.82) is 0 Å². The zero-order valence-electron chi connectivity index (χ0n) is 10.7. The summed E-state index contributed by atoms with van der Waals surface area (Å²) in [6.07, 6.45) is 3.31. The monoisotopic (exact) mass is 217 g/mol. The number of nitrogens with one attached hydrogen (secondary N) is 1. The second kappa shape index (κ2) is 8.08. The van der Waals surface area contributed by atoms with Crippen LogP contribution in [0.25, 0.3) is 0 Å². The van der Waals surface area contributed by atoms with Crippen molar-refractivity contribution in [1.82, 2.24) is 5.32 Å². The summed E-state index contributed by atoms with van der Waals surface area (Å²) in [7, 11) is 0. The Labute approximate surface area is 94.2 Å². The van der Waals surface area contributed by atoms with E-state index < -0.39 is 5.60 Å². The van der Waals surface area contributed by atoms with Gasteiger partial charge in [0.05, 0.1) is 11.7 Å². The molecule has 0 aliphatic heterocycles. The lowest BCUT2D eigenvalue weighted by molar-refractivity contribution is 0.0550. The second-order valence-electron chi connectivity index (χ2n) is 4.65. The Hall–Kier alpha value is -0.120. The molecular formula is C12H27NO2. The maximum absolute atomic E-state index is 9.71. The van der Waals surface area contributed by atoms with Crippen LogP contribution in [-0.2, 0) is 4.74 Å². The minimum absolute atomic E-state index is 0.332. The number of rotatable bonds is 9. The predicted molar refractivity (Wildman–Crippen MR) is 64.1 cm³/mol. The molecule has 0 aliphatic rings. The van der Waals surface area contributed by atoms with Gasteiger partial charge in [0.1, 0.15) is 0 Å². The van der Waals surface area contributed by atoms with Gasteiger partial charge in [0.25, 0.3) is 0 Å². The summed E-state index contributed by atoms with van der Waals surface area (Å²) < 4.78 is 5.43. The number of hydrogen-bond donors (Lipinski definition) is 2. The number of hydrogen-bond acceptors (Lipinski definition) is 3. The molecule has 92 valence electrons. The average Bonchev–Trinajstić information content (AvgIpc) is 2.16. The molecule has 0 aromatic heterocycles. The Morgan fingerprint density at radius 1 is 1.33 bits per heavy atom. The SMILES string of the molecule is CCC(C)(O)CNCCCCOC(C)C. The zero-order valence-corrected chi connectivity index (χ0v) is 10.7. The number of unbranched alkanes of at least 4 members (excludes halogenated alkanes) is 1. The maximum Gasteiger partial charge on any atom is 0.0740 e. The van der Waals surface area contributed by atoms with E-state index in [2.05, 4.69) is 19.2 Å². The van der Waals surface area contributed by atoms with Gasteiger partial charge in [-0.05, 0) is 46.6 Å². The maximum atomic E-state index is 9.71. The molecule has 0 rings (SSSR count). The molecular weight excluding hydrogens is 190 g/mol. The summed E-state index contributed by atoms with van der Waals surface area (Å²) in [5, 5.41) is 13.0. The minimum atomic E-state index is -0.561. The van der Waals surface area contributed by atoms with Crippen molar-refractivity contribution in [2.24, 2.45) is 0 Å². The third kappa shape index (κ3) is 10.2. The molecule has 3 heteroatoms. The van der Waals surface area contributed by atoms with Crippen LogP contribution >= 0.6 is 0 Å². The predicted octanol–water partition coefficient (Wildman–Crippen LogP) is 1.94. The Balaban J connectivity index is 3.18. The van der Waals surface area contributed by atoms with Crippen molar-refractivity contribution in [3.63, 3.8) is 0 Å². The van der Waals surface area contributed by atoms with Gasteiger partial charge >= 0.3 is 0 Å². The van der Waals surface area contributed by atoms with Crippen LogP contribution in [0.15, 0.2) is 0 Å². The largest absolute Gasteiger partial charge is 0.389 e. The first-order valence-electron chi connectivity index (χ1n) is 6.02. The van der Waals surface area contributed by atoms with E-state index in [-0.39, 0.29) is 0 Å². The van der Waals surface area contributed by atoms with E-state index in [0.717, 1.165) is 32.4 Å². The Morgan fingerprint density at radius 3 is 2.53 bits per heavy atom. The standard InChI is InChI=1S/C12H27NO2/c1-5-12(4,14)10-13-8-6-7-9-15-11(2)3/h11,13-14H,5-10H2,1-4H3. The molecule has 1 atom stereocenters. The molecule has 0 saturated carbocycles. The van der Waals surface area contributed by atoms with Crippen LogP contribution in [0.2, 0.25) is 0 Å². The first-order valence-corrected chi connectivity index (χ1v) is 6.02. The van der Waals surface area contributed by atoms with E-state index >= 15 is 0 Å². The van der Waals surface area contributed by atoms with Gasteiger partial charge in [0.15, 0.2) is 0 Å². The highest BCUT2D eigenvalue weighted by Crippen LogP contribution is 2.05. The highest BCUT2D eigenvalue weighted by atomic mass is 16.5. The molecule has 0 heterocycles. The smallest absolute Gasteiger partial charge is 0.0740 e. The van der Waals surface area contributed by atoms with Crippen LogP contribution in [0, 0.1) is 0 Å². The first-order chi connectivity index (χ1) is 6.98. The van der Waals surface area contributed by atoms with Gasteiger partial charge in [0.2, 0.25) is 0 Å². The normalized spacial score (nSPS) is 15.6. The highest BCUT2D eigenvalue weighted by molar-refractivity contribution is 4.72. The molecule has 1 unspecified atom stereocenters. The molecule has 0 saturated heterocycles. The van der Waals surface area contributed by atoms with Crippen molar-refractivity contribution in [2.45, 2.75) is 58.7 Å². The van der Waals surface area contributed by atoms with Gasteiger partial charge in [-0.3, -0.25) is 0 Å². The minimum Gasteiger partial charge on any atom is -0.389 e. The van der Waals surface area contributed by atoms with Crippen molar-refractivity contribution >= 4 is 0 Å². The number of aliphatic hydroxyl groups is 1. The fourth-order valence-electron chi connectivity index (χ4n) is 1.15. The van der Waals surface area contributed by atoms with Crippen molar-refractivity contribution in [2.75, 3.05) is 19.7 Å². The van der Waals surface area contributed by atoms with Crippen LogP contribution in [-0.4, -0.2) is 36.5 Å². The quantitative estimate of drug-likeness (QED) is 0.580. The molecule has 0 bridgehead atoms. The van der Waals surface area contributed by atoms with Crippen LogP contribution in [0.5, 0.6) is 0 Å². The third-order valence-corrected chi connectivity index (χ3v) is 2.47. The third-order valence-electron chi connectivity index (χ3n) is 2.47. The molecule has 0 aromatic carbocycles. The zero-order chi connectivity index (χ0) is 11.7. The molecule has 0 amide bonds. The van der Waals surface area contributed by atoms with Gasteiger partial charge in [-0.2, -0.15) is 0 Å². The summed E-state index contributed by atoms with van der Waals surface area (Å²) >= 11 is 0. The molecule has 0 fully saturated rings. The summed E-state index contributed by atoms with van der Waals surface area (Å²) in [5.41, 5.74) is -0.561. The van der Waals surface area contributed by atoms with Crippen molar-refractivity contribution < 1.29 is 9.84 Å². The first kappa shape index (κ1) is 14.9. The van der Waals surface area contributed by atoms with Crippen LogP contribution in [0.4, 0.5) is 0 Å². The van der Waals surface area contributed by atoms with Crippen molar-refractivity contribution in [3.05, 3.63) is 0 Å². The van der Waals surface area contributed by atoms with Crippen LogP contribution in [0.1, 0.15) is 47.0 Å². The molecule has 2 N–H and O–H groups in total. The van der Waals surface area contributed by atoms with Gasteiger partial charge in [-0.1, -0.05) is 6.92 Å². The summed E-state index contributed by atoms with van der Waals surface area (Å²) in [4.78, 5) is 0. The van der Waals surface area contributed by atoms with E-state index in [9.17, 15) is 5.11 Å². The lowest BCUT2D eigenvalue weighted by Gasteiger charge is -2.21. The lowest BCUT2D eigenvalue weighted by Crippen LogP contribution is -2.37. The van der Waals surface area contributed by atoms with Gasteiger partial charge in [0, 0.05) is 13.2 Å². The topological polar surface area (TPSA) is 41.5 Å². The molecule has 0 aliphatic carbocycles. The van der Waals surface area contributed by atoms with E-state index in [4.69, 9.17) is 4.74 Å². The Bertz CT molecular complexity index is 147. The van der Waals surface area contributed by atoms with E-state index in [1.54, 1.807) is 0 Å². The Morgan fingerprint density at radius 2 is 2.00 bits per heavy atom. The molecule has 3 nitrogen and oxygen atoms in total. The molecule has 0 aromatic rings. The second-order valence-corrected chi connectivity index (χ2v) is 4.65. The fourth-order valence-corrected chi connectivity index (χ4v) is 1.15. The van der Waals surface area contributed by atoms with Gasteiger partial charge < -0.3 is 15.2 Å². The molecule has 0 spiro atoms. The summed E-state index contributed by atoms with van der Waals surface area (Å²) in [6, 6.07) is 0.